The summed E-state index contributed by atoms with van der Waals surface area (Å²) in [5.41, 5.74) is 0. The van der Waals surface area contributed by atoms with Gasteiger partial charge >= 0.3 is 0 Å². The molecular formula is C7H13NO2. The first-order chi connectivity index (χ1) is 4.93. The van der Waals surface area contributed by atoms with Gasteiger partial charge in [0.1, 0.15) is 0 Å². The molecule has 0 amide bonds. The molecule has 0 saturated carbocycles. The number of ether oxygens (including phenoxy) is 1. The zero-order valence-electron chi connectivity index (χ0n) is 6.01. The molecule has 10 heavy (non-hydrogen) atoms. The maximum atomic E-state index is 9.92. The largest absolute Gasteiger partial charge is 0.449 e. The molecule has 0 aromatic heterocycles. The van der Waals surface area contributed by atoms with Crippen LogP contribution in [0.4, 0.5) is 0 Å². The quantitative estimate of drug-likeness (QED) is 0.577. The Morgan fingerprint density at radius 2 is 2.30 bits per heavy atom. The van der Waals surface area contributed by atoms with Gasteiger partial charge in [-0.05, 0) is 25.8 Å². The predicted octanol–water partition coefficient (Wildman–Crippen LogP) is 0.649. The zero-order chi connectivity index (χ0) is 7.23. The Balaban J connectivity index is 2.21. The fourth-order valence-corrected chi connectivity index (χ4v) is 1.18. The summed E-state index contributed by atoms with van der Waals surface area (Å²) in [4.78, 5) is 9.92. The van der Waals surface area contributed by atoms with Crippen LogP contribution < -0.4 is 5.32 Å². The standard InChI is InChI=1S/C7H13NO2/c9-6-10-7-4-2-1-3-5-8-7/h6-8H,1-5H2. The molecule has 3 nitrogen and oxygen atoms in total. The van der Waals surface area contributed by atoms with Crippen molar-refractivity contribution in [3.63, 3.8) is 0 Å². The second-order valence-electron chi connectivity index (χ2n) is 2.52. The zero-order valence-corrected chi connectivity index (χ0v) is 6.01. The molecular weight excluding hydrogens is 130 g/mol. The average molecular weight is 143 g/mol. The molecule has 1 N–H and O–H groups in total. The Labute approximate surface area is 60.7 Å². The summed E-state index contributed by atoms with van der Waals surface area (Å²) in [7, 11) is 0. The molecule has 1 aliphatic rings. The highest BCUT2D eigenvalue weighted by atomic mass is 16.5. The van der Waals surface area contributed by atoms with Crippen LogP contribution >= 0.6 is 0 Å². The van der Waals surface area contributed by atoms with Crippen LogP contribution in [0.3, 0.4) is 0 Å². The second-order valence-corrected chi connectivity index (χ2v) is 2.52. The molecule has 1 rings (SSSR count). The van der Waals surface area contributed by atoms with E-state index in [9.17, 15) is 4.79 Å². The van der Waals surface area contributed by atoms with Crippen LogP contribution in [0, 0.1) is 0 Å². The summed E-state index contributed by atoms with van der Waals surface area (Å²) < 4.78 is 4.77. The number of carbonyl (C=O) groups excluding carboxylic acids is 1. The van der Waals surface area contributed by atoms with E-state index in [1.54, 1.807) is 0 Å². The van der Waals surface area contributed by atoms with Gasteiger partial charge in [0, 0.05) is 0 Å². The first-order valence-corrected chi connectivity index (χ1v) is 3.76. The lowest BCUT2D eigenvalue weighted by molar-refractivity contribution is -0.135. The lowest BCUT2D eigenvalue weighted by atomic mass is 10.2. The molecule has 1 aliphatic heterocycles. The van der Waals surface area contributed by atoms with Gasteiger partial charge in [-0.1, -0.05) is 6.42 Å². The molecule has 0 aromatic rings. The molecule has 1 fully saturated rings. The summed E-state index contributed by atoms with van der Waals surface area (Å²) in [5.74, 6) is 0. The molecule has 1 heterocycles. The van der Waals surface area contributed by atoms with Gasteiger partial charge in [-0.2, -0.15) is 0 Å². The Bertz CT molecular complexity index is 97.8. The number of carbonyl (C=O) groups is 1. The minimum Gasteiger partial charge on any atom is -0.449 e. The first-order valence-electron chi connectivity index (χ1n) is 3.76. The van der Waals surface area contributed by atoms with Crippen molar-refractivity contribution in [3.8, 4) is 0 Å². The number of hydrogen-bond donors (Lipinski definition) is 1. The van der Waals surface area contributed by atoms with Gasteiger partial charge < -0.3 is 4.74 Å². The fraction of sp³-hybridized carbons (Fsp3) is 0.857. The van der Waals surface area contributed by atoms with Gasteiger partial charge in [-0.15, -0.1) is 0 Å². The Hall–Kier alpha value is -0.570. The van der Waals surface area contributed by atoms with Crippen LogP contribution in [0.15, 0.2) is 0 Å². The van der Waals surface area contributed by atoms with Gasteiger partial charge in [-0.3, -0.25) is 10.1 Å². The van der Waals surface area contributed by atoms with Crippen molar-refractivity contribution in [3.05, 3.63) is 0 Å². The summed E-state index contributed by atoms with van der Waals surface area (Å²) >= 11 is 0. The van der Waals surface area contributed by atoms with Gasteiger partial charge in [-0.25, -0.2) is 0 Å². The Morgan fingerprint density at radius 1 is 1.40 bits per heavy atom. The smallest absolute Gasteiger partial charge is 0.294 e. The highest BCUT2D eigenvalue weighted by Gasteiger charge is 2.10. The maximum Gasteiger partial charge on any atom is 0.294 e. The lowest BCUT2D eigenvalue weighted by Gasteiger charge is -2.12. The summed E-state index contributed by atoms with van der Waals surface area (Å²) in [5, 5.41) is 3.13. The van der Waals surface area contributed by atoms with Crippen LogP contribution in [-0.2, 0) is 9.53 Å². The van der Waals surface area contributed by atoms with Crippen molar-refractivity contribution in [2.45, 2.75) is 31.9 Å². The molecule has 0 radical (unpaired) electrons. The molecule has 1 atom stereocenters. The van der Waals surface area contributed by atoms with E-state index < -0.39 is 0 Å². The number of nitrogens with one attached hydrogen (secondary N) is 1. The van der Waals surface area contributed by atoms with Gasteiger partial charge in [0.05, 0.1) is 0 Å². The normalized spacial score (nSPS) is 27.0. The molecule has 1 unspecified atom stereocenters. The summed E-state index contributed by atoms with van der Waals surface area (Å²) in [6.07, 6.45) is 4.52. The van der Waals surface area contributed by atoms with Gasteiger partial charge in [0.2, 0.25) is 0 Å². The van der Waals surface area contributed by atoms with Crippen molar-refractivity contribution in [2.24, 2.45) is 0 Å². The van der Waals surface area contributed by atoms with Crippen LogP contribution in [0.2, 0.25) is 0 Å². The fourth-order valence-electron chi connectivity index (χ4n) is 1.18. The van der Waals surface area contributed by atoms with E-state index in [4.69, 9.17) is 4.74 Å². The monoisotopic (exact) mass is 143 g/mol. The molecule has 0 aliphatic carbocycles. The molecule has 0 bridgehead atoms. The SMILES string of the molecule is O=COC1CCCCCN1. The molecule has 58 valence electrons. The van der Waals surface area contributed by atoms with Crippen LogP contribution in [-0.4, -0.2) is 19.2 Å². The Morgan fingerprint density at radius 3 is 3.10 bits per heavy atom. The third kappa shape index (κ3) is 2.35. The van der Waals surface area contributed by atoms with Crippen LogP contribution in [0.1, 0.15) is 25.7 Å². The van der Waals surface area contributed by atoms with Gasteiger partial charge in [0.25, 0.3) is 6.47 Å². The molecule has 3 heteroatoms. The Kier molecular flexibility index (Phi) is 3.22. The van der Waals surface area contributed by atoms with Crippen molar-refractivity contribution >= 4 is 6.47 Å². The van der Waals surface area contributed by atoms with Crippen molar-refractivity contribution in [1.29, 1.82) is 0 Å². The highest BCUT2D eigenvalue weighted by Crippen LogP contribution is 2.07. The second kappa shape index (κ2) is 4.28. The molecule has 0 spiro atoms. The number of hydrogen-bond acceptors (Lipinski definition) is 3. The summed E-state index contributed by atoms with van der Waals surface area (Å²) in [6, 6.07) is 0. The van der Waals surface area contributed by atoms with Crippen molar-refractivity contribution < 1.29 is 9.53 Å². The molecule has 1 saturated heterocycles. The minimum absolute atomic E-state index is 0.0278. The first kappa shape index (κ1) is 7.54. The third-order valence-electron chi connectivity index (χ3n) is 1.73. The summed E-state index contributed by atoms with van der Waals surface area (Å²) in [6.45, 7) is 1.49. The van der Waals surface area contributed by atoms with E-state index in [1.807, 2.05) is 0 Å². The average Bonchev–Trinajstić information content (AvgIpc) is 2.17. The van der Waals surface area contributed by atoms with Gasteiger partial charge in [0.15, 0.2) is 6.23 Å². The highest BCUT2D eigenvalue weighted by molar-refractivity contribution is 5.37. The lowest BCUT2D eigenvalue weighted by Crippen LogP contribution is -2.30. The molecule has 0 aromatic carbocycles. The van der Waals surface area contributed by atoms with E-state index >= 15 is 0 Å². The maximum absolute atomic E-state index is 9.92. The van der Waals surface area contributed by atoms with Crippen molar-refractivity contribution in [1.82, 2.24) is 5.32 Å². The van der Waals surface area contributed by atoms with E-state index in [-0.39, 0.29) is 6.23 Å². The number of rotatable bonds is 2. The van der Waals surface area contributed by atoms with E-state index in [0.717, 1.165) is 19.4 Å². The van der Waals surface area contributed by atoms with E-state index in [2.05, 4.69) is 5.32 Å². The van der Waals surface area contributed by atoms with E-state index in [1.165, 1.54) is 12.8 Å². The predicted molar refractivity (Wildman–Crippen MR) is 37.4 cm³/mol. The third-order valence-corrected chi connectivity index (χ3v) is 1.73. The van der Waals surface area contributed by atoms with E-state index in [0.29, 0.717) is 6.47 Å². The van der Waals surface area contributed by atoms with Crippen molar-refractivity contribution in [2.75, 3.05) is 6.54 Å². The minimum atomic E-state index is -0.0278. The topological polar surface area (TPSA) is 38.3 Å². The van der Waals surface area contributed by atoms with Crippen LogP contribution in [0.25, 0.3) is 0 Å². The van der Waals surface area contributed by atoms with Crippen LogP contribution in [0.5, 0.6) is 0 Å².